The number of rotatable bonds is 3. The van der Waals surface area contributed by atoms with E-state index in [9.17, 15) is 24.6 Å². The van der Waals surface area contributed by atoms with Crippen LogP contribution >= 0.6 is 0 Å². The summed E-state index contributed by atoms with van der Waals surface area (Å²) in [7, 11) is 0. The quantitative estimate of drug-likeness (QED) is 0.785. The fraction of sp³-hybridized carbons (Fsp3) is 0.643. The van der Waals surface area contributed by atoms with Crippen molar-refractivity contribution >= 4 is 17.8 Å². The van der Waals surface area contributed by atoms with Crippen molar-refractivity contribution in [2.24, 2.45) is 17.3 Å². The highest BCUT2D eigenvalue weighted by molar-refractivity contribution is 5.93. The molecule has 0 radical (unpaired) electrons. The van der Waals surface area contributed by atoms with Crippen LogP contribution < -0.4 is 0 Å². The lowest BCUT2D eigenvalue weighted by molar-refractivity contribution is -0.154. The SMILES string of the molecule is Cc1nnc2n1CC(C(=O)O)N(C(=O)[C@@H]1[C@H](C(=O)O)C1(C)C)C2. The molecule has 0 spiro atoms. The standard InChI is InChI=1S/C14H18N4O5/c1-6-15-16-8-5-18(7(12(20)21)4-17(6)8)11(19)9-10(13(22)23)14(9,2)3/h7,9-10H,4-5H2,1-3H3,(H,20,21)(H,22,23)/t7?,9-,10+/m0/s1. The number of amides is 1. The third-order valence-electron chi connectivity index (χ3n) is 4.98. The Hall–Kier alpha value is -2.45. The van der Waals surface area contributed by atoms with Crippen LogP contribution in [-0.2, 0) is 27.5 Å². The molecule has 1 aliphatic heterocycles. The molecule has 9 heteroatoms. The Balaban J connectivity index is 1.90. The van der Waals surface area contributed by atoms with Crippen molar-refractivity contribution in [3.8, 4) is 0 Å². The Morgan fingerprint density at radius 2 is 1.78 bits per heavy atom. The van der Waals surface area contributed by atoms with Gasteiger partial charge in [-0.15, -0.1) is 10.2 Å². The highest BCUT2D eigenvalue weighted by atomic mass is 16.4. The summed E-state index contributed by atoms with van der Waals surface area (Å²) >= 11 is 0. The molecule has 9 nitrogen and oxygen atoms in total. The molecular weight excluding hydrogens is 304 g/mol. The highest BCUT2D eigenvalue weighted by Gasteiger charge is 2.67. The molecule has 1 aromatic heterocycles. The summed E-state index contributed by atoms with van der Waals surface area (Å²) in [5.74, 6) is -2.99. The lowest BCUT2D eigenvalue weighted by Crippen LogP contribution is -2.51. The normalized spacial score (nSPS) is 28.1. The van der Waals surface area contributed by atoms with Gasteiger partial charge in [-0.1, -0.05) is 13.8 Å². The largest absolute Gasteiger partial charge is 0.481 e. The molecule has 1 fully saturated rings. The molecule has 1 unspecified atom stereocenters. The van der Waals surface area contributed by atoms with E-state index in [-0.39, 0.29) is 13.1 Å². The maximum absolute atomic E-state index is 12.8. The van der Waals surface area contributed by atoms with Gasteiger partial charge in [-0.2, -0.15) is 0 Å². The number of nitrogens with zero attached hydrogens (tertiary/aromatic N) is 4. The average Bonchev–Trinajstić information content (AvgIpc) is 2.87. The van der Waals surface area contributed by atoms with Crippen LogP contribution in [0.15, 0.2) is 0 Å². The number of carboxylic acids is 2. The van der Waals surface area contributed by atoms with Crippen LogP contribution in [0, 0.1) is 24.2 Å². The molecule has 2 aliphatic rings. The van der Waals surface area contributed by atoms with Gasteiger partial charge in [0.1, 0.15) is 11.9 Å². The van der Waals surface area contributed by atoms with Crippen LogP contribution in [0.4, 0.5) is 0 Å². The summed E-state index contributed by atoms with van der Waals surface area (Å²) in [5.41, 5.74) is -0.674. The Labute approximate surface area is 131 Å². The zero-order valence-electron chi connectivity index (χ0n) is 13.1. The number of fused-ring (bicyclic) bond motifs is 1. The maximum Gasteiger partial charge on any atom is 0.328 e. The van der Waals surface area contributed by atoms with E-state index in [4.69, 9.17) is 0 Å². The van der Waals surface area contributed by atoms with Crippen LogP contribution in [0.2, 0.25) is 0 Å². The van der Waals surface area contributed by atoms with Crippen LogP contribution in [0.25, 0.3) is 0 Å². The number of carboxylic acid groups (broad SMARTS) is 2. The van der Waals surface area contributed by atoms with E-state index in [1.54, 1.807) is 25.3 Å². The molecule has 1 saturated carbocycles. The van der Waals surface area contributed by atoms with Gasteiger partial charge in [-0.3, -0.25) is 9.59 Å². The molecule has 0 bridgehead atoms. The summed E-state index contributed by atoms with van der Waals surface area (Å²) < 4.78 is 1.68. The van der Waals surface area contributed by atoms with E-state index < -0.39 is 41.1 Å². The summed E-state index contributed by atoms with van der Waals surface area (Å²) in [4.78, 5) is 36.8. The van der Waals surface area contributed by atoms with Gasteiger partial charge in [-0.05, 0) is 12.3 Å². The summed E-state index contributed by atoms with van der Waals surface area (Å²) in [6.45, 7) is 5.23. The van der Waals surface area contributed by atoms with E-state index in [0.29, 0.717) is 11.6 Å². The number of aryl methyl sites for hydroxylation is 1. The zero-order chi connectivity index (χ0) is 17.1. The number of hydrogen-bond acceptors (Lipinski definition) is 5. The minimum absolute atomic E-state index is 0.0234. The molecule has 3 atom stereocenters. The Morgan fingerprint density at radius 1 is 1.13 bits per heavy atom. The first-order valence-electron chi connectivity index (χ1n) is 7.31. The lowest BCUT2D eigenvalue weighted by atomic mass is 10.1. The lowest BCUT2D eigenvalue weighted by Gasteiger charge is -2.34. The van der Waals surface area contributed by atoms with Crippen LogP contribution in [0.3, 0.4) is 0 Å². The van der Waals surface area contributed by atoms with E-state index >= 15 is 0 Å². The second kappa shape index (κ2) is 4.77. The van der Waals surface area contributed by atoms with Gasteiger partial charge in [0.05, 0.1) is 24.9 Å². The van der Waals surface area contributed by atoms with Gasteiger partial charge in [0.25, 0.3) is 0 Å². The molecule has 23 heavy (non-hydrogen) atoms. The molecule has 0 saturated heterocycles. The number of carbonyl (C=O) groups excluding carboxylic acids is 1. The predicted octanol–water partition coefficient (Wildman–Crippen LogP) is -0.261. The van der Waals surface area contributed by atoms with Crippen molar-refractivity contribution in [2.45, 2.75) is 39.9 Å². The topological polar surface area (TPSA) is 126 Å². The number of aliphatic carboxylic acids is 2. The number of hydrogen-bond donors (Lipinski definition) is 2. The van der Waals surface area contributed by atoms with Gasteiger partial charge < -0.3 is 19.7 Å². The molecule has 124 valence electrons. The molecule has 3 rings (SSSR count). The van der Waals surface area contributed by atoms with Crippen molar-refractivity contribution in [3.05, 3.63) is 11.6 Å². The molecule has 2 N–H and O–H groups in total. The van der Waals surface area contributed by atoms with Gasteiger partial charge in [0.2, 0.25) is 5.91 Å². The molecule has 1 aliphatic carbocycles. The fourth-order valence-corrected chi connectivity index (χ4v) is 3.49. The molecule has 1 aromatic rings. The summed E-state index contributed by atoms with van der Waals surface area (Å²) in [6.07, 6.45) is 0. The van der Waals surface area contributed by atoms with Crippen molar-refractivity contribution < 1.29 is 24.6 Å². The third-order valence-corrected chi connectivity index (χ3v) is 4.98. The summed E-state index contributed by atoms with van der Waals surface area (Å²) in [6, 6.07) is -1.05. The Bertz CT molecular complexity index is 710. The maximum atomic E-state index is 12.8. The van der Waals surface area contributed by atoms with E-state index in [0.717, 1.165) is 0 Å². The van der Waals surface area contributed by atoms with Crippen molar-refractivity contribution in [2.75, 3.05) is 0 Å². The van der Waals surface area contributed by atoms with Crippen molar-refractivity contribution in [1.29, 1.82) is 0 Å². The van der Waals surface area contributed by atoms with Crippen LogP contribution in [-0.4, -0.2) is 53.8 Å². The Kier molecular flexibility index (Phi) is 3.20. The molecule has 1 amide bonds. The van der Waals surface area contributed by atoms with E-state index in [1.165, 1.54) is 4.90 Å². The highest BCUT2D eigenvalue weighted by Crippen LogP contribution is 2.59. The fourth-order valence-electron chi connectivity index (χ4n) is 3.49. The van der Waals surface area contributed by atoms with Gasteiger partial charge >= 0.3 is 11.9 Å². The first-order valence-corrected chi connectivity index (χ1v) is 7.31. The van der Waals surface area contributed by atoms with Crippen LogP contribution in [0.1, 0.15) is 25.5 Å². The molecule has 0 aromatic carbocycles. The minimum atomic E-state index is -1.12. The third kappa shape index (κ3) is 2.18. The van der Waals surface area contributed by atoms with Crippen molar-refractivity contribution in [1.82, 2.24) is 19.7 Å². The molecular formula is C14H18N4O5. The van der Waals surface area contributed by atoms with E-state index in [2.05, 4.69) is 10.2 Å². The monoisotopic (exact) mass is 322 g/mol. The average molecular weight is 322 g/mol. The van der Waals surface area contributed by atoms with Crippen LogP contribution in [0.5, 0.6) is 0 Å². The number of carbonyl (C=O) groups is 3. The predicted molar refractivity (Wildman–Crippen MR) is 75.1 cm³/mol. The van der Waals surface area contributed by atoms with Gasteiger partial charge in [0.15, 0.2) is 5.82 Å². The van der Waals surface area contributed by atoms with Gasteiger partial charge in [-0.25, -0.2) is 4.79 Å². The molecule has 2 heterocycles. The van der Waals surface area contributed by atoms with E-state index in [1.807, 2.05) is 0 Å². The summed E-state index contributed by atoms with van der Waals surface area (Å²) in [5, 5.41) is 26.6. The first-order chi connectivity index (χ1) is 10.7. The zero-order valence-corrected chi connectivity index (χ0v) is 13.1. The second-order valence-corrected chi connectivity index (χ2v) is 6.71. The van der Waals surface area contributed by atoms with Gasteiger partial charge in [0, 0.05) is 0 Å². The smallest absolute Gasteiger partial charge is 0.328 e. The first kappa shape index (κ1) is 15.4. The van der Waals surface area contributed by atoms with Crippen molar-refractivity contribution in [3.63, 3.8) is 0 Å². The Morgan fingerprint density at radius 3 is 2.30 bits per heavy atom. The minimum Gasteiger partial charge on any atom is -0.481 e. The number of aromatic nitrogens is 3. The second-order valence-electron chi connectivity index (χ2n) is 6.71.